The van der Waals surface area contributed by atoms with E-state index in [1.165, 1.54) is 11.5 Å². The van der Waals surface area contributed by atoms with Crippen LogP contribution < -0.4 is 10.2 Å². The van der Waals surface area contributed by atoms with Crippen LogP contribution in [-0.2, 0) is 23.8 Å². The fourth-order valence-corrected chi connectivity index (χ4v) is 3.38. The lowest BCUT2D eigenvalue weighted by molar-refractivity contribution is -0.161. The van der Waals surface area contributed by atoms with E-state index in [0.717, 1.165) is 12.5 Å². The van der Waals surface area contributed by atoms with Gasteiger partial charge in [-0.15, -0.1) is 0 Å². The van der Waals surface area contributed by atoms with Gasteiger partial charge in [-0.3, -0.25) is 14.4 Å². The molecule has 0 amide bonds. The van der Waals surface area contributed by atoms with Crippen LogP contribution in [0.4, 0.5) is 8.78 Å². The van der Waals surface area contributed by atoms with Gasteiger partial charge in [-0.1, -0.05) is 0 Å². The van der Waals surface area contributed by atoms with E-state index in [0.29, 0.717) is 6.07 Å². The van der Waals surface area contributed by atoms with Crippen molar-refractivity contribution in [2.45, 2.75) is 27.2 Å². The third-order valence-corrected chi connectivity index (χ3v) is 4.81. The van der Waals surface area contributed by atoms with Crippen LogP contribution in [0, 0.1) is 17.6 Å². The highest BCUT2D eigenvalue weighted by molar-refractivity contribution is 5.99. The number of carbonyl (C=O) groups is 3. The highest BCUT2D eigenvalue weighted by Crippen LogP contribution is 2.36. The minimum Gasteiger partial charge on any atom is -0.465 e. The average molecular weight is 465 g/mol. The molecule has 0 atom stereocenters. The van der Waals surface area contributed by atoms with Gasteiger partial charge in [-0.25, -0.2) is 9.18 Å². The molecule has 0 N–H and O–H groups in total. The van der Waals surface area contributed by atoms with E-state index in [1.54, 1.807) is 13.8 Å². The summed E-state index contributed by atoms with van der Waals surface area (Å²) in [6.45, 7) is 4.65. The molecule has 2 aromatic rings. The molecule has 0 radical (unpaired) electrons. The van der Waals surface area contributed by atoms with Gasteiger partial charge < -0.3 is 23.5 Å². The van der Waals surface area contributed by atoms with Crippen LogP contribution in [-0.4, -0.2) is 42.3 Å². The van der Waals surface area contributed by atoms with Gasteiger partial charge in [0.05, 0.1) is 30.9 Å². The first-order valence-corrected chi connectivity index (χ1v) is 10.2. The first kappa shape index (κ1) is 23.9. The summed E-state index contributed by atoms with van der Waals surface area (Å²) >= 11 is 0. The highest BCUT2D eigenvalue weighted by Gasteiger charge is 2.34. The molecule has 9 nitrogen and oxygen atoms in total. The number of aromatic nitrogens is 1. The SMILES string of the molecule is CCOC(=O)c1cn2c3c(c(F)c(F)cc3c1=O)OC=C2CC(C(=O)OCC)C(=O)OCC. The fraction of sp³-hybridized carbons (Fsp3) is 0.364. The monoisotopic (exact) mass is 465 g/mol. The third-order valence-electron chi connectivity index (χ3n) is 4.81. The second-order valence-electron chi connectivity index (χ2n) is 6.85. The van der Waals surface area contributed by atoms with E-state index < -0.39 is 52.2 Å². The molecule has 0 saturated carbocycles. The number of hydrogen-bond donors (Lipinski definition) is 0. The summed E-state index contributed by atoms with van der Waals surface area (Å²) in [7, 11) is 0. The van der Waals surface area contributed by atoms with Crippen LogP contribution in [0.25, 0.3) is 16.6 Å². The van der Waals surface area contributed by atoms with Crippen LogP contribution in [0.1, 0.15) is 37.6 Å². The molecule has 1 aromatic carbocycles. The summed E-state index contributed by atoms with van der Waals surface area (Å²) < 4.78 is 49.8. The maximum atomic E-state index is 14.4. The Balaban J connectivity index is 2.20. The quantitative estimate of drug-likeness (QED) is 0.333. The number of allylic oxidation sites excluding steroid dienone is 1. The zero-order valence-corrected chi connectivity index (χ0v) is 18.1. The molecule has 33 heavy (non-hydrogen) atoms. The summed E-state index contributed by atoms with van der Waals surface area (Å²) in [6, 6.07) is 0.649. The van der Waals surface area contributed by atoms with E-state index >= 15 is 0 Å². The molecule has 1 aliphatic rings. The fourth-order valence-electron chi connectivity index (χ4n) is 3.38. The largest absolute Gasteiger partial charge is 0.465 e. The molecule has 176 valence electrons. The van der Waals surface area contributed by atoms with Crippen LogP contribution in [0.15, 0.2) is 23.3 Å². The molecule has 0 bridgehead atoms. The van der Waals surface area contributed by atoms with Gasteiger partial charge in [-0.2, -0.15) is 4.39 Å². The predicted octanol–water partition coefficient (Wildman–Crippen LogP) is 2.78. The summed E-state index contributed by atoms with van der Waals surface area (Å²) in [5, 5.41) is -0.344. The van der Waals surface area contributed by atoms with Crippen LogP contribution in [0.2, 0.25) is 0 Å². The molecule has 0 fully saturated rings. The van der Waals surface area contributed by atoms with Crippen LogP contribution in [0.5, 0.6) is 5.75 Å². The van der Waals surface area contributed by atoms with Gasteiger partial charge in [0, 0.05) is 12.6 Å². The molecule has 0 spiro atoms. The van der Waals surface area contributed by atoms with E-state index in [2.05, 4.69) is 0 Å². The van der Waals surface area contributed by atoms with E-state index in [9.17, 15) is 28.0 Å². The van der Waals surface area contributed by atoms with Crippen molar-refractivity contribution in [2.24, 2.45) is 5.92 Å². The Kier molecular flexibility index (Phi) is 7.10. The van der Waals surface area contributed by atoms with Gasteiger partial charge in [0.25, 0.3) is 0 Å². The Labute approximate surface area is 186 Å². The average Bonchev–Trinajstić information content (AvgIpc) is 2.78. The van der Waals surface area contributed by atoms with Crippen LogP contribution in [0.3, 0.4) is 0 Å². The molecule has 11 heteroatoms. The van der Waals surface area contributed by atoms with Crippen LogP contribution >= 0.6 is 0 Å². The number of ether oxygens (including phenoxy) is 4. The van der Waals surface area contributed by atoms with Crippen molar-refractivity contribution in [1.29, 1.82) is 0 Å². The molecular formula is C22H21F2NO8. The lowest BCUT2D eigenvalue weighted by atomic mass is 10.0. The Hall–Kier alpha value is -3.76. The minimum absolute atomic E-state index is 0.00683. The zero-order valence-electron chi connectivity index (χ0n) is 18.1. The molecule has 3 rings (SSSR count). The number of halogens is 2. The maximum absolute atomic E-state index is 14.4. The first-order chi connectivity index (χ1) is 15.7. The Bertz CT molecular complexity index is 1200. The lowest BCUT2D eigenvalue weighted by Crippen LogP contribution is -2.30. The summed E-state index contributed by atoms with van der Waals surface area (Å²) in [6.07, 6.45) is 1.73. The van der Waals surface area contributed by atoms with E-state index in [4.69, 9.17) is 18.9 Å². The molecular weight excluding hydrogens is 444 g/mol. The molecule has 2 heterocycles. The Morgan fingerprint density at radius 2 is 1.64 bits per heavy atom. The van der Waals surface area contributed by atoms with Gasteiger partial charge in [0.1, 0.15) is 17.3 Å². The van der Waals surface area contributed by atoms with Crippen molar-refractivity contribution >= 4 is 34.5 Å². The maximum Gasteiger partial charge on any atom is 0.343 e. The number of pyridine rings is 1. The lowest BCUT2D eigenvalue weighted by Gasteiger charge is -2.24. The van der Waals surface area contributed by atoms with Gasteiger partial charge in [-0.05, 0) is 26.8 Å². The first-order valence-electron chi connectivity index (χ1n) is 10.2. The Morgan fingerprint density at radius 3 is 2.21 bits per heavy atom. The molecule has 1 aliphatic heterocycles. The van der Waals surface area contributed by atoms with Gasteiger partial charge >= 0.3 is 17.9 Å². The van der Waals surface area contributed by atoms with Crippen molar-refractivity contribution in [3.8, 4) is 5.75 Å². The molecule has 0 saturated heterocycles. The van der Waals surface area contributed by atoms with Crippen molar-refractivity contribution in [3.63, 3.8) is 0 Å². The van der Waals surface area contributed by atoms with Crippen molar-refractivity contribution < 1.29 is 42.1 Å². The van der Waals surface area contributed by atoms with E-state index in [1.807, 2.05) is 0 Å². The number of esters is 3. The highest BCUT2D eigenvalue weighted by atomic mass is 19.2. The second-order valence-corrected chi connectivity index (χ2v) is 6.85. The molecule has 0 aliphatic carbocycles. The zero-order chi connectivity index (χ0) is 24.3. The van der Waals surface area contributed by atoms with Crippen molar-refractivity contribution in [2.75, 3.05) is 19.8 Å². The van der Waals surface area contributed by atoms with Crippen molar-refractivity contribution in [1.82, 2.24) is 4.57 Å². The molecule has 0 unspecified atom stereocenters. The number of rotatable bonds is 8. The number of hydrogen-bond acceptors (Lipinski definition) is 8. The summed E-state index contributed by atoms with van der Waals surface area (Å²) in [5.41, 5.74) is -1.42. The topological polar surface area (TPSA) is 110 Å². The standard InChI is InChI=1S/C22H21F2NO8/c1-4-30-20(27)13(21(28)31-5-2)7-11-10-33-19-16(24)15(23)8-12-17(19)25(11)9-14(18(12)26)22(29)32-6-3/h8-10,13H,4-7H2,1-3H3. The third kappa shape index (κ3) is 4.43. The Morgan fingerprint density at radius 1 is 1.03 bits per heavy atom. The summed E-state index contributed by atoms with van der Waals surface area (Å²) in [5.74, 6) is -7.39. The number of nitrogens with zero attached hydrogens (tertiary/aromatic N) is 1. The normalized spacial score (nSPS) is 12.2. The van der Waals surface area contributed by atoms with E-state index in [-0.39, 0.29) is 42.8 Å². The predicted molar refractivity (Wildman–Crippen MR) is 110 cm³/mol. The smallest absolute Gasteiger partial charge is 0.343 e. The number of benzene rings is 1. The molecule has 1 aromatic heterocycles. The van der Waals surface area contributed by atoms with Crippen molar-refractivity contribution in [3.05, 3.63) is 45.9 Å². The van der Waals surface area contributed by atoms with Gasteiger partial charge in [0.15, 0.2) is 17.5 Å². The minimum atomic E-state index is -1.41. The summed E-state index contributed by atoms with van der Waals surface area (Å²) in [4.78, 5) is 50.0. The number of carbonyl (C=O) groups excluding carboxylic acids is 3. The van der Waals surface area contributed by atoms with Gasteiger partial charge in [0.2, 0.25) is 11.2 Å². The second kappa shape index (κ2) is 9.80.